The molecule has 0 aliphatic carbocycles. The van der Waals surface area contributed by atoms with E-state index in [0.717, 1.165) is 0 Å². The summed E-state index contributed by atoms with van der Waals surface area (Å²) in [5, 5.41) is 10.7. The third-order valence-corrected chi connectivity index (χ3v) is 4.33. The average molecular weight is 310 g/mol. The number of sulfonamides is 1. The van der Waals surface area contributed by atoms with E-state index in [-0.39, 0.29) is 10.7 Å². The second-order valence-corrected chi connectivity index (χ2v) is 6.21. The van der Waals surface area contributed by atoms with E-state index in [9.17, 15) is 18.5 Å². The molecule has 0 spiro atoms. The quantitative estimate of drug-likeness (QED) is 0.643. The fourth-order valence-corrected chi connectivity index (χ4v) is 3.01. The van der Waals surface area contributed by atoms with E-state index in [1.54, 1.807) is 19.9 Å². The lowest BCUT2D eigenvalue weighted by atomic mass is 10.1. The molecular weight excluding hydrogens is 296 g/mol. The van der Waals surface area contributed by atoms with E-state index in [1.165, 1.54) is 24.4 Å². The van der Waals surface area contributed by atoms with Crippen molar-refractivity contribution in [1.29, 1.82) is 0 Å². The fourth-order valence-electron chi connectivity index (χ4n) is 1.81. The van der Waals surface area contributed by atoms with Crippen LogP contribution in [0.4, 0.5) is 5.69 Å². The highest BCUT2D eigenvalue weighted by molar-refractivity contribution is 7.89. The highest BCUT2D eigenvalue weighted by Crippen LogP contribution is 2.20. The van der Waals surface area contributed by atoms with Gasteiger partial charge in [0.05, 0.1) is 11.1 Å². The summed E-state index contributed by atoms with van der Waals surface area (Å²) < 4.78 is 26.7. The van der Waals surface area contributed by atoms with Gasteiger partial charge in [0.2, 0.25) is 0 Å². The van der Waals surface area contributed by atoms with Crippen LogP contribution in [0.5, 0.6) is 0 Å². The number of aromatic nitrogens is 2. The fraction of sp³-hybridized carbons (Fsp3) is 0.250. The summed E-state index contributed by atoms with van der Waals surface area (Å²) in [4.78, 5) is 16.7. The Morgan fingerprint density at radius 2 is 2.14 bits per heavy atom. The number of nitrogens with zero attached hydrogens (tertiary/aromatic N) is 2. The number of H-pyrrole nitrogens is 1. The molecule has 0 amide bonds. The molecule has 2 aromatic rings. The van der Waals surface area contributed by atoms with Crippen LogP contribution in [0.1, 0.15) is 24.4 Å². The maximum absolute atomic E-state index is 12.1. The minimum absolute atomic E-state index is 0.0442. The van der Waals surface area contributed by atoms with Gasteiger partial charge in [-0.25, -0.2) is 18.1 Å². The first-order chi connectivity index (χ1) is 9.79. The summed E-state index contributed by atoms with van der Waals surface area (Å²) in [5.74, 6) is 0.485. The van der Waals surface area contributed by atoms with Crippen molar-refractivity contribution in [2.45, 2.75) is 24.9 Å². The second kappa shape index (κ2) is 5.62. The number of aromatic amines is 1. The second-order valence-electron chi connectivity index (χ2n) is 4.53. The lowest BCUT2D eigenvalue weighted by Crippen LogP contribution is -2.27. The van der Waals surface area contributed by atoms with Gasteiger partial charge in [0, 0.05) is 18.2 Å². The Morgan fingerprint density at radius 3 is 2.71 bits per heavy atom. The number of benzene rings is 1. The maximum atomic E-state index is 12.1. The molecule has 1 aromatic carbocycles. The van der Waals surface area contributed by atoms with Crippen LogP contribution in [0, 0.1) is 17.0 Å². The van der Waals surface area contributed by atoms with Gasteiger partial charge in [-0.1, -0.05) is 12.1 Å². The molecule has 9 heteroatoms. The van der Waals surface area contributed by atoms with Gasteiger partial charge in [-0.3, -0.25) is 10.1 Å². The minimum atomic E-state index is -3.76. The highest BCUT2D eigenvalue weighted by atomic mass is 32.2. The lowest BCUT2D eigenvalue weighted by molar-refractivity contribution is -0.384. The summed E-state index contributed by atoms with van der Waals surface area (Å²) in [6.07, 6.45) is 1.22. The van der Waals surface area contributed by atoms with Gasteiger partial charge in [-0.15, -0.1) is 0 Å². The van der Waals surface area contributed by atoms with Gasteiger partial charge in [-0.05, 0) is 19.4 Å². The third-order valence-electron chi connectivity index (χ3n) is 2.88. The first-order valence-electron chi connectivity index (χ1n) is 6.08. The van der Waals surface area contributed by atoms with Crippen molar-refractivity contribution in [2.75, 3.05) is 0 Å². The smallest absolute Gasteiger partial charge is 0.269 e. The van der Waals surface area contributed by atoms with Crippen LogP contribution in [-0.4, -0.2) is 23.3 Å². The Hall–Kier alpha value is -2.26. The van der Waals surface area contributed by atoms with Crippen LogP contribution in [0.15, 0.2) is 35.5 Å². The van der Waals surface area contributed by atoms with Crippen LogP contribution < -0.4 is 4.72 Å². The molecule has 0 saturated heterocycles. The Morgan fingerprint density at radius 1 is 1.43 bits per heavy atom. The number of nitro groups is 1. The molecule has 0 aliphatic rings. The number of rotatable bonds is 5. The number of nitrogens with one attached hydrogen (secondary N) is 2. The molecule has 1 aromatic heterocycles. The minimum Gasteiger partial charge on any atom is -0.332 e. The van der Waals surface area contributed by atoms with E-state index in [4.69, 9.17) is 0 Å². The van der Waals surface area contributed by atoms with Gasteiger partial charge in [0.25, 0.3) is 15.7 Å². The zero-order valence-corrected chi connectivity index (χ0v) is 12.2. The van der Waals surface area contributed by atoms with Gasteiger partial charge < -0.3 is 4.98 Å². The van der Waals surface area contributed by atoms with Crippen molar-refractivity contribution < 1.29 is 13.3 Å². The zero-order valence-electron chi connectivity index (χ0n) is 11.4. The molecule has 1 atom stereocenters. The Labute approximate surface area is 121 Å². The van der Waals surface area contributed by atoms with Crippen LogP contribution >= 0.6 is 0 Å². The summed E-state index contributed by atoms with van der Waals surface area (Å²) in [5.41, 5.74) is 0.417. The van der Waals surface area contributed by atoms with Crippen molar-refractivity contribution in [3.05, 3.63) is 52.0 Å². The summed E-state index contributed by atoms with van der Waals surface area (Å²) in [7, 11) is -3.76. The molecule has 0 radical (unpaired) electrons. The molecule has 2 rings (SSSR count). The SMILES string of the molecule is Cc1ncc(S(=O)(=O)NC(C)c2cccc([N+](=O)[O-])c2)[nH]1. The van der Waals surface area contributed by atoms with E-state index in [1.807, 2.05) is 0 Å². The van der Waals surface area contributed by atoms with Crippen LogP contribution in [0.3, 0.4) is 0 Å². The van der Waals surface area contributed by atoms with Crippen LogP contribution in [0.2, 0.25) is 0 Å². The molecule has 0 aliphatic heterocycles. The molecule has 0 fully saturated rings. The molecule has 0 saturated carbocycles. The van der Waals surface area contributed by atoms with Crippen molar-refractivity contribution in [3.8, 4) is 0 Å². The predicted octanol–water partition coefficient (Wildman–Crippen LogP) is 1.67. The van der Waals surface area contributed by atoms with E-state index >= 15 is 0 Å². The Kier molecular flexibility index (Phi) is 4.05. The Bertz CT molecular complexity index is 769. The van der Waals surface area contributed by atoms with Gasteiger partial charge in [0.1, 0.15) is 5.82 Å². The topological polar surface area (TPSA) is 118 Å². The van der Waals surface area contributed by atoms with Crippen molar-refractivity contribution >= 4 is 15.7 Å². The number of nitro benzene ring substituents is 1. The number of aryl methyl sites for hydroxylation is 1. The first kappa shape index (κ1) is 15.1. The lowest BCUT2D eigenvalue weighted by Gasteiger charge is -2.13. The number of hydrogen-bond donors (Lipinski definition) is 2. The molecule has 0 bridgehead atoms. The molecule has 1 unspecified atom stereocenters. The largest absolute Gasteiger partial charge is 0.332 e. The molecule has 1 heterocycles. The van der Waals surface area contributed by atoms with Crippen molar-refractivity contribution in [1.82, 2.24) is 14.7 Å². The van der Waals surface area contributed by atoms with Crippen LogP contribution in [0.25, 0.3) is 0 Å². The predicted molar refractivity (Wildman–Crippen MR) is 75.2 cm³/mol. The number of imidazole rings is 1. The monoisotopic (exact) mass is 310 g/mol. The van der Waals surface area contributed by atoms with Crippen molar-refractivity contribution in [3.63, 3.8) is 0 Å². The van der Waals surface area contributed by atoms with Gasteiger partial charge in [-0.2, -0.15) is 0 Å². The molecule has 8 nitrogen and oxygen atoms in total. The highest BCUT2D eigenvalue weighted by Gasteiger charge is 2.21. The number of hydrogen-bond acceptors (Lipinski definition) is 5. The van der Waals surface area contributed by atoms with E-state index < -0.39 is 21.0 Å². The first-order valence-corrected chi connectivity index (χ1v) is 7.56. The van der Waals surface area contributed by atoms with E-state index in [2.05, 4.69) is 14.7 Å². The zero-order chi connectivity index (χ0) is 15.6. The molecular formula is C12H14N4O4S. The number of non-ortho nitro benzene ring substituents is 1. The maximum Gasteiger partial charge on any atom is 0.269 e. The summed E-state index contributed by atoms with van der Waals surface area (Å²) in [6.45, 7) is 3.25. The van der Waals surface area contributed by atoms with Crippen LogP contribution in [-0.2, 0) is 10.0 Å². The Balaban J connectivity index is 2.23. The summed E-state index contributed by atoms with van der Waals surface area (Å²) >= 11 is 0. The van der Waals surface area contributed by atoms with Crippen molar-refractivity contribution in [2.24, 2.45) is 0 Å². The molecule has 21 heavy (non-hydrogen) atoms. The van der Waals surface area contributed by atoms with Gasteiger partial charge in [0.15, 0.2) is 5.03 Å². The molecule has 2 N–H and O–H groups in total. The third kappa shape index (κ3) is 3.44. The summed E-state index contributed by atoms with van der Waals surface area (Å²) in [6, 6.07) is 5.21. The van der Waals surface area contributed by atoms with Gasteiger partial charge >= 0.3 is 0 Å². The molecule has 112 valence electrons. The standard InChI is InChI=1S/C12H14N4O4S/c1-8(10-4-3-5-11(6-10)16(17)18)15-21(19,20)12-7-13-9(2)14-12/h3-8,15H,1-2H3,(H,13,14). The average Bonchev–Trinajstić information content (AvgIpc) is 2.86. The normalized spacial score (nSPS) is 13.0. The van der Waals surface area contributed by atoms with E-state index in [0.29, 0.717) is 11.4 Å².